The Morgan fingerprint density at radius 2 is 1.56 bits per heavy atom. The Labute approximate surface area is 154 Å². The van der Waals surface area contributed by atoms with E-state index in [4.69, 9.17) is 0 Å². The number of rotatable bonds is 6. The van der Waals surface area contributed by atoms with Gasteiger partial charge < -0.3 is 5.32 Å². The van der Waals surface area contributed by atoms with E-state index in [9.17, 15) is 0 Å². The summed E-state index contributed by atoms with van der Waals surface area (Å²) in [7, 11) is 0. The Bertz CT molecular complexity index is 738. The first kappa shape index (κ1) is 20.8. The van der Waals surface area contributed by atoms with Crippen molar-refractivity contribution in [3.05, 3.63) is 82.9 Å². The van der Waals surface area contributed by atoms with E-state index in [1.807, 2.05) is 13.8 Å². The van der Waals surface area contributed by atoms with Gasteiger partial charge in [-0.3, -0.25) is 0 Å². The lowest BCUT2D eigenvalue weighted by Gasteiger charge is -2.15. The second-order valence-electron chi connectivity index (χ2n) is 6.52. The van der Waals surface area contributed by atoms with Gasteiger partial charge in [-0.25, -0.2) is 0 Å². The van der Waals surface area contributed by atoms with Crippen LogP contribution in [0.15, 0.2) is 55.1 Å². The monoisotopic (exact) mass is 335 g/mol. The van der Waals surface area contributed by atoms with Gasteiger partial charge in [0.2, 0.25) is 0 Å². The maximum Gasteiger partial charge on any atom is 0.0416 e. The number of hydrogen-bond acceptors (Lipinski definition) is 1. The highest BCUT2D eigenvalue weighted by Crippen LogP contribution is 2.24. The highest BCUT2D eigenvalue weighted by molar-refractivity contribution is 5.77. The number of aryl methyl sites for hydroxylation is 4. The lowest BCUT2D eigenvalue weighted by molar-refractivity contribution is 0.935. The van der Waals surface area contributed by atoms with E-state index < -0.39 is 0 Å². The molecule has 0 spiro atoms. The molecule has 0 amide bonds. The molecule has 1 heteroatoms. The summed E-state index contributed by atoms with van der Waals surface area (Å²) in [5.74, 6) is 0. The van der Waals surface area contributed by atoms with Crippen LogP contribution in [0.2, 0.25) is 0 Å². The molecule has 2 aromatic rings. The van der Waals surface area contributed by atoms with Crippen LogP contribution >= 0.6 is 0 Å². The van der Waals surface area contributed by atoms with Crippen molar-refractivity contribution in [2.45, 2.75) is 54.4 Å². The number of benzene rings is 2. The topological polar surface area (TPSA) is 12.0 Å². The predicted octanol–water partition coefficient (Wildman–Crippen LogP) is 7.23. The molecule has 0 heterocycles. The largest absolute Gasteiger partial charge is 0.355 e. The zero-order valence-electron chi connectivity index (χ0n) is 16.8. The summed E-state index contributed by atoms with van der Waals surface area (Å²) in [6, 6.07) is 13.0. The van der Waals surface area contributed by atoms with Crippen LogP contribution in [0.4, 0.5) is 5.69 Å². The third-order valence-electron chi connectivity index (χ3n) is 4.20. The van der Waals surface area contributed by atoms with Crippen LogP contribution in [0.5, 0.6) is 0 Å². The van der Waals surface area contributed by atoms with E-state index in [1.165, 1.54) is 27.8 Å². The van der Waals surface area contributed by atoms with Crippen molar-refractivity contribution in [2.24, 2.45) is 0 Å². The number of allylic oxidation sites excluding steroid dienone is 1. The average molecular weight is 336 g/mol. The highest BCUT2D eigenvalue weighted by atomic mass is 14.9. The molecule has 0 aromatic heterocycles. The van der Waals surface area contributed by atoms with Crippen molar-refractivity contribution in [1.82, 2.24) is 0 Å². The second-order valence-corrected chi connectivity index (χ2v) is 6.52. The smallest absolute Gasteiger partial charge is 0.0416 e. The SMILES string of the molecule is C=C(C)CCc1cc(C(=C)Nc2cc(C)ccc2C)ccc1C.CC. The van der Waals surface area contributed by atoms with Gasteiger partial charge in [0, 0.05) is 11.4 Å². The fraction of sp³-hybridized carbons (Fsp3) is 0.333. The minimum atomic E-state index is 0.940. The Morgan fingerprint density at radius 1 is 0.920 bits per heavy atom. The molecule has 0 unspecified atom stereocenters. The fourth-order valence-corrected chi connectivity index (χ4v) is 2.58. The summed E-state index contributed by atoms with van der Waals surface area (Å²) < 4.78 is 0. The van der Waals surface area contributed by atoms with Crippen molar-refractivity contribution < 1.29 is 0 Å². The molecule has 0 saturated carbocycles. The van der Waals surface area contributed by atoms with Gasteiger partial charge in [0.05, 0.1) is 0 Å². The Hall–Kier alpha value is -2.28. The molecule has 0 fully saturated rings. The van der Waals surface area contributed by atoms with Gasteiger partial charge in [0.1, 0.15) is 0 Å². The van der Waals surface area contributed by atoms with Crippen LogP contribution in [0.1, 0.15) is 55.0 Å². The molecule has 0 radical (unpaired) electrons. The maximum atomic E-state index is 4.23. The molecular formula is C24H33N. The first-order valence-corrected chi connectivity index (χ1v) is 9.14. The minimum Gasteiger partial charge on any atom is -0.355 e. The molecule has 2 rings (SSSR count). The molecular weight excluding hydrogens is 302 g/mol. The molecule has 0 saturated heterocycles. The van der Waals surface area contributed by atoms with Gasteiger partial charge in [-0.2, -0.15) is 0 Å². The molecule has 0 aliphatic rings. The van der Waals surface area contributed by atoms with Gasteiger partial charge in [0.25, 0.3) is 0 Å². The van der Waals surface area contributed by atoms with E-state index in [0.717, 1.165) is 29.8 Å². The molecule has 0 aliphatic heterocycles. The normalized spacial score (nSPS) is 9.84. The van der Waals surface area contributed by atoms with E-state index >= 15 is 0 Å². The lowest BCUT2D eigenvalue weighted by Crippen LogP contribution is -2.01. The number of hydrogen-bond donors (Lipinski definition) is 1. The minimum absolute atomic E-state index is 0.940. The third kappa shape index (κ3) is 6.26. The summed E-state index contributed by atoms with van der Waals surface area (Å²) in [5.41, 5.74) is 9.61. The molecule has 0 atom stereocenters. The summed E-state index contributed by atoms with van der Waals surface area (Å²) in [5, 5.41) is 3.47. The molecule has 25 heavy (non-hydrogen) atoms. The Kier molecular flexibility index (Phi) is 8.21. The molecule has 2 aromatic carbocycles. The summed E-state index contributed by atoms with van der Waals surface area (Å²) in [4.78, 5) is 0. The molecule has 134 valence electrons. The summed E-state index contributed by atoms with van der Waals surface area (Å²) in [6.07, 6.45) is 2.06. The summed E-state index contributed by atoms with van der Waals surface area (Å²) in [6.45, 7) is 20.7. The Morgan fingerprint density at radius 3 is 2.20 bits per heavy atom. The van der Waals surface area contributed by atoms with Crippen LogP contribution in [0.25, 0.3) is 5.70 Å². The van der Waals surface area contributed by atoms with Crippen LogP contribution in [0.3, 0.4) is 0 Å². The standard InChI is InChI=1S/C22H27N.C2H6/c1-15(2)7-11-20-14-21(12-10-17(20)4)19(6)23-22-13-16(3)8-9-18(22)5;1-2/h8-10,12-14,23H,1,6-7,11H2,2-5H3;1-2H3. The van der Waals surface area contributed by atoms with Crippen LogP contribution in [0, 0.1) is 20.8 Å². The van der Waals surface area contributed by atoms with Gasteiger partial charge in [0.15, 0.2) is 0 Å². The zero-order chi connectivity index (χ0) is 19.0. The fourth-order valence-electron chi connectivity index (χ4n) is 2.58. The van der Waals surface area contributed by atoms with E-state index in [-0.39, 0.29) is 0 Å². The first-order chi connectivity index (χ1) is 11.9. The summed E-state index contributed by atoms with van der Waals surface area (Å²) >= 11 is 0. The quantitative estimate of drug-likeness (QED) is 0.549. The van der Waals surface area contributed by atoms with Crippen molar-refractivity contribution >= 4 is 11.4 Å². The Balaban J connectivity index is 0.00000151. The van der Waals surface area contributed by atoms with Gasteiger partial charge in [-0.1, -0.05) is 50.3 Å². The molecule has 0 aliphatic carbocycles. The number of anilines is 1. The number of nitrogens with one attached hydrogen (secondary N) is 1. The zero-order valence-corrected chi connectivity index (χ0v) is 16.8. The molecule has 1 nitrogen and oxygen atoms in total. The predicted molar refractivity (Wildman–Crippen MR) is 114 cm³/mol. The van der Waals surface area contributed by atoms with Gasteiger partial charge in [-0.15, -0.1) is 6.58 Å². The average Bonchev–Trinajstić information content (AvgIpc) is 2.59. The first-order valence-electron chi connectivity index (χ1n) is 9.14. The van der Waals surface area contributed by atoms with Gasteiger partial charge >= 0.3 is 0 Å². The van der Waals surface area contributed by atoms with E-state index in [1.54, 1.807) is 0 Å². The maximum absolute atomic E-state index is 4.23. The van der Waals surface area contributed by atoms with Crippen molar-refractivity contribution in [2.75, 3.05) is 5.32 Å². The van der Waals surface area contributed by atoms with E-state index in [0.29, 0.717) is 0 Å². The van der Waals surface area contributed by atoms with Crippen LogP contribution < -0.4 is 5.32 Å². The highest BCUT2D eigenvalue weighted by Gasteiger charge is 2.06. The van der Waals surface area contributed by atoms with Crippen LogP contribution in [-0.2, 0) is 6.42 Å². The van der Waals surface area contributed by atoms with E-state index in [2.05, 4.69) is 82.6 Å². The van der Waals surface area contributed by atoms with Crippen molar-refractivity contribution in [1.29, 1.82) is 0 Å². The molecule has 1 N–H and O–H groups in total. The molecule has 0 bridgehead atoms. The third-order valence-corrected chi connectivity index (χ3v) is 4.20. The van der Waals surface area contributed by atoms with Crippen molar-refractivity contribution in [3.63, 3.8) is 0 Å². The second kappa shape index (κ2) is 9.88. The lowest BCUT2D eigenvalue weighted by atomic mass is 9.98. The van der Waals surface area contributed by atoms with Crippen molar-refractivity contribution in [3.8, 4) is 0 Å². The van der Waals surface area contributed by atoms with Gasteiger partial charge in [-0.05, 0) is 80.5 Å². The van der Waals surface area contributed by atoms with Crippen LogP contribution in [-0.4, -0.2) is 0 Å².